The molecular weight excluding hydrogens is 274 g/mol. The average molecular weight is 292 g/mol. The molecule has 5 heteroatoms. The van der Waals surface area contributed by atoms with Gasteiger partial charge in [0.15, 0.2) is 0 Å². The van der Waals surface area contributed by atoms with E-state index >= 15 is 0 Å². The molecular formula is C12H18O4Zn. The van der Waals surface area contributed by atoms with Crippen LogP contribution in [-0.4, -0.2) is 11.9 Å². The maximum atomic E-state index is 10.1. The van der Waals surface area contributed by atoms with Crippen LogP contribution in [0.5, 0.6) is 0 Å². The number of carboxylic acids is 2. The van der Waals surface area contributed by atoms with Gasteiger partial charge in [-0.1, -0.05) is 25.7 Å². The fourth-order valence-corrected chi connectivity index (χ4v) is 2.32. The summed E-state index contributed by atoms with van der Waals surface area (Å²) in [6.45, 7) is 0. The van der Waals surface area contributed by atoms with Crippen molar-refractivity contribution in [2.24, 2.45) is 11.8 Å². The van der Waals surface area contributed by atoms with Crippen LogP contribution >= 0.6 is 0 Å². The Morgan fingerprint density at radius 3 is 1.06 bits per heavy atom. The summed E-state index contributed by atoms with van der Waals surface area (Å²) in [6.07, 6.45) is 7.61. The molecule has 2 aliphatic rings. The van der Waals surface area contributed by atoms with Crippen molar-refractivity contribution in [1.29, 1.82) is 0 Å². The molecule has 0 aromatic heterocycles. The van der Waals surface area contributed by atoms with Gasteiger partial charge >= 0.3 is 19.5 Å². The number of carbonyl (C=O) groups is 2. The van der Waals surface area contributed by atoms with Crippen LogP contribution in [0.15, 0.2) is 0 Å². The van der Waals surface area contributed by atoms with Crippen LogP contribution in [0.4, 0.5) is 0 Å². The third-order valence-corrected chi connectivity index (χ3v) is 3.38. The van der Waals surface area contributed by atoms with Crippen molar-refractivity contribution in [2.75, 3.05) is 0 Å². The summed E-state index contributed by atoms with van der Waals surface area (Å²) in [6, 6.07) is 0. The predicted octanol–water partition coefficient (Wildman–Crippen LogP) is -0.150. The number of hydrogen-bond acceptors (Lipinski definition) is 4. The standard InChI is InChI=1S/2C6H10O2.Zn/c2*7-6(8)5-3-1-2-4-5;/h2*5H,1-4H2,(H,7,8);/q;;+2/p-2. The van der Waals surface area contributed by atoms with E-state index in [1.54, 1.807) is 0 Å². The minimum absolute atomic E-state index is 0. The van der Waals surface area contributed by atoms with Gasteiger partial charge in [0.25, 0.3) is 0 Å². The van der Waals surface area contributed by atoms with Gasteiger partial charge < -0.3 is 19.8 Å². The number of carboxylic acid groups (broad SMARTS) is 2. The van der Waals surface area contributed by atoms with Gasteiger partial charge in [0.1, 0.15) is 0 Å². The summed E-state index contributed by atoms with van der Waals surface area (Å²) >= 11 is 0. The quantitative estimate of drug-likeness (QED) is 0.663. The fraction of sp³-hybridized carbons (Fsp3) is 0.833. The van der Waals surface area contributed by atoms with Crippen LogP contribution in [0.25, 0.3) is 0 Å². The third-order valence-electron chi connectivity index (χ3n) is 3.38. The molecule has 2 rings (SSSR count). The third kappa shape index (κ3) is 6.16. The molecule has 0 unspecified atom stereocenters. The van der Waals surface area contributed by atoms with Gasteiger partial charge in [-0.05, 0) is 37.5 Å². The molecule has 0 aromatic carbocycles. The van der Waals surface area contributed by atoms with Crippen LogP contribution in [0.1, 0.15) is 51.4 Å². The van der Waals surface area contributed by atoms with E-state index in [0.29, 0.717) is 0 Å². The SMILES string of the molecule is O=C([O-])C1CCCC1.O=C([O-])C1CCCC1.[Zn+2]. The summed E-state index contributed by atoms with van der Waals surface area (Å²) in [5, 5.41) is 20.2. The van der Waals surface area contributed by atoms with Crippen molar-refractivity contribution in [3.05, 3.63) is 0 Å². The number of carbonyl (C=O) groups excluding carboxylic acids is 2. The Kier molecular flexibility index (Phi) is 8.40. The molecule has 2 fully saturated rings. The Labute approximate surface area is 115 Å². The molecule has 2 aliphatic carbocycles. The van der Waals surface area contributed by atoms with Gasteiger partial charge in [-0.3, -0.25) is 0 Å². The molecule has 4 nitrogen and oxygen atoms in total. The van der Waals surface area contributed by atoms with Gasteiger partial charge in [-0.15, -0.1) is 0 Å². The van der Waals surface area contributed by atoms with Crippen LogP contribution < -0.4 is 10.2 Å². The zero-order chi connectivity index (χ0) is 12.0. The van der Waals surface area contributed by atoms with Crippen LogP contribution in [0.3, 0.4) is 0 Å². The molecule has 0 N–H and O–H groups in total. The number of hydrogen-bond donors (Lipinski definition) is 0. The largest absolute Gasteiger partial charge is 2.00 e. The van der Waals surface area contributed by atoms with Crippen molar-refractivity contribution in [3.8, 4) is 0 Å². The Balaban J connectivity index is 0.000000284. The fourth-order valence-electron chi connectivity index (χ4n) is 2.32. The van der Waals surface area contributed by atoms with E-state index in [2.05, 4.69) is 0 Å². The second-order valence-electron chi connectivity index (χ2n) is 4.60. The molecule has 0 saturated heterocycles. The van der Waals surface area contributed by atoms with Crippen LogP contribution in [0, 0.1) is 11.8 Å². The summed E-state index contributed by atoms with van der Waals surface area (Å²) in [7, 11) is 0. The Morgan fingerprint density at radius 1 is 0.706 bits per heavy atom. The maximum Gasteiger partial charge on any atom is 2.00 e. The van der Waals surface area contributed by atoms with E-state index in [1.165, 1.54) is 0 Å². The Hall–Kier alpha value is -0.437. The van der Waals surface area contributed by atoms with E-state index in [-0.39, 0.29) is 31.3 Å². The van der Waals surface area contributed by atoms with Gasteiger partial charge in [0, 0.05) is 11.9 Å². The molecule has 0 heterocycles. The molecule has 0 atom stereocenters. The molecule has 0 amide bonds. The normalized spacial score (nSPS) is 20.2. The molecule has 0 spiro atoms. The number of aliphatic carboxylic acids is 2. The zero-order valence-electron chi connectivity index (χ0n) is 10.2. The minimum Gasteiger partial charge on any atom is -0.550 e. The molecule has 17 heavy (non-hydrogen) atoms. The van der Waals surface area contributed by atoms with Crippen molar-refractivity contribution < 1.29 is 39.3 Å². The van der Waals surface area contributed by atoms with Gasteiger partial charge in [-0.25, -0.2) is 0 Å². The average Bonchev–Trinajstić information content (AvgIpc) is 2.93. The first-order valence-electron chi connectivity index (χ1n) is 6.03. The van der Waals surface area contributed by atoms with Crippen molar-refractivity contribution in [1.82, 2.24) is 0 Å². The molecule has 0 aliphatic heterocycles. The summed E-state index contributed by atoms with van der Waals surface area (Å²) in [5.41, 5.74) is 0. The predicted molar refractivity (Wildman–Crippen MR) is 53.9 cm³/mol. The van der Waals surface area contributed by atoms with E-state index in [0.717, 1.165) is 51.4 Å². The van der Waals surface area contributed by atoms with E-state index in [1.807, 2.05) is 0 Å². The van der Waals surface area contributed by atoms with Gasteiger partial charge in [0.2, 0.25) is 0 Å². The first-order chi connectivity index (χ1) is 7.61. The molecule has 0 bridgehead atoms. The zero-order valence-corrected chi connectivity index (χ0v) is 13.1. The Morgan fingerprint density at radius 2 is 0.941 bits per heavy atom. The summed E-state index contributed by atoms with van der Waals surface area (Å²) < 4.78 is 0. The smallest absolute Gasteiger partial charge is 0.550 e. The topological polar surface area (TPSA) is 80.3 Å². The van der Waals surface area contributed by atoms with Crippen molar-refractivity contribution >= 4 is 11.9 Å². The maximum absolute atomic E-state index is 10.1. The summed E-state index contributed by atoms with van der Waals surface area (Å²) in [5.74, 6) is -1.98. The number of rotatable bonds is 2. The van der Waals surface area contributed by atoms with E-state index in [9.17, 15) is 19.8 Å². The van der Waals surface area contributed by atoms with Gasteiger partial charge in [-0.2, -0.15) is 0 Å². The second kappa shape index (κ2) is 8.62. The monoisotopic (exact) mass is 290 g/mol. The second-order valence-corrected chi connectivity index (χ2v) is 4.60. The van der Waals surface area contributed by atoms with E-state index < -0.39 is 11.9 Å². The molecule has 0 aromatic rings. The first-order valence-corrected chi connectivity index (χ1v) is 6.03. The van der Waals surface area contributed by atoms with Crippen molar-refractivity contribution in [2.45, 2.75) is 51.4 Å². The molecule has 0 radical (unpaired) electrons. The minimum atomic E-state index is -0.859. The first kappa shape index (κ1) is 16.6. The van der Waals surface area contributed by atoms with Crippen LogP contribution in [-0.2, 0) is 29.1 Å². The van der Waals surface area contributed by atoms with Crippen LogP contribution in [0.2, 0.25) is 0 Å². The summed E-state index contributed by atoms with van der Waals surface area (Å²) in [4.78, 5) is 20.2. The van der Waals surface area contributed by atoms with Gasteiger partial charge in [0.05, 0.1) is 0 Å². The van der Waals surface area contributed by atoms with Crippen molar-refractivity contribution in [3.63, 3.8) is 0 Å². The Bertz CT molecular complexity index is 217. The molecule has 92 valence electrons. The molecule has 2 saturated carbocycles. The van der Waals surface area contributed by atoms with E-state index in [4.69, 9.17) is 0 Å².